The van der Waals surface area contributed by atoms with Gasteiger partial charge >= 0.3 is 0 Å². The van der Waals surface area contributed by atoms with Crippen molar-refractivity contribution in [2.75, 3.05) is 24.5 Å². The Labute approximate surface area is 171 Å². The topological polar surface area (TPSA) is 60.9 Å². The van der Waals surface area contributed by atoms with Crippen molar-refractivity contribution >= 4 is 17.5 Å². The van der Waals surface area contributed by atoms with Crippen molar-refractivity contribution in [3.63, 3.8) is 0 Å². The number of carbonyl (C=O) groups excluding carboxylic acids is 2. The number of anilines is 1. The molecule has 2 heterocycles. The summed E-state index contributed by atoms with van der Waals surface area (Å²) in [5.41, 5.74) is 4.40. The van der Waals surface area contributed by atoms with Crippen molar-refractivity contribution in [2.24, 2.45) is 5.92 Å². The monoisotopic (exact) mass is 392 g/mol. The molecule has 0 spiro atoms. The summed E-state index contributed by atoms with van der Waals surface area (Å²) >= 11 is 0. The van der Waals surface area contributed by atoms with Crippen LogP contribution in [-0.4, -0.2) is 41.5 Å². The molecule has 2 aliphatic heterocycles. The summed E-state index contributed by atoms with van der Waals surface area (Å²) in [4.78, 5) is 29.4. The van der Waals surface area contributed by atoms with E-state index in [1.165, 1.54) is 5.56 Å². The SMILES string of the molecule is Cc1cccc(N2CC(C(=O)N3CCC(c4ccc(O)cc4)CC3)CC2=O)c1C. The van der Waals surface area contributed by atoms with Gasteiger partial charge in [0.05, 0.1) is 5.92 Å². The van der Waals surface area contributed by atoms with Crippen LogP contribution in [0.25, 0.3) is 0 Å². The van der Waals surface area contributed by atoms with Crippen molar-refractivity contribution in [1.29, 1.82) is 0 Å². The number of carbonyl (C=O) groups is 2. The third-order valence-electron chi connectivity index (χ3n) is 6.51. The van der Waals surface area contributed by atoms with Gasteiger partial charge in [0.2, 0.25) is 11.8 Å². The molecular formula is C24H28N2O3. The second-order valence-corrected chi connectivity index (χ2v) is 8.32. The third-order valence-corrected chi connectivity index (χ3v) is 6.51. The van der Waals surface area contributed by atoms with Crippen LogP contribution >= 0.6 is 0 Å². The zero-order valence-electron chi connectivity index (χ0n) is 17.1. The maximum Gasteiger partial charge on any atom is 0.228 e. The summed E-state index contributed by atoms with van der Waals surface area (Å²) in [6, 6.07) is 13.4. The molecule has 2 aromatic rings. The van der Waals surface area contributed by atoms with E-state index in [9.17, 15) is 14.7 Å². The molecule has 0 aromatic heterocycles. The van der Waals surface area contributed by atoms with E-state index in [0.29, 0.717) is 18.9 Å². The third kappa shape index (κ3) is 3.86. The Kier molecular flexibility index (Phi) is 5.31. The normalized spacial score (nSPS) is 20.3. The lowest BCUT2D eigenvalue weighted by Gasteiger charge is -2.33. The Morgan fingerprint density at radius 3 is 2.41 bits per heavy atom. The van der Waals surface area contributed by atoms with Crippen molar-refractivity contribution in [2.45, 2.75) is 39.0 Å². The number of amides is 2. The first-order chi connectivity index (χ1) is 13.9. The minimum Gasteiger partial charge on any atom is -0.508 e. The average Bonchev–Trinajstić information content (AvgIpc) is 3.12. The number of likely N-dealkylation sites (tertiary alicyclic amines) is 1. The summed E-state index contributed by atoms with van der Waals surface area (Å²) in [6.45, 7) is 5.98. The minimum atomic E-state index is -0.257. The number of phenols is 1. The molecule has 0 saturated carbocycles. The molecule has 2 aliphatic rings. The molecule has 5 nitrogen and oxygen atoms in total. The van der Waals surface area contributed by atoms with E-state index < -0.39 is 0 Å². The van der Waals surface area contributed by atoms with Gasteiger partial charge in [0.15, 0.2) is 0 Å². The fourth-order valence-electron chi connectivity index (χ4n) is 4.57. The highest BCUT2D eigenvalue weighted by molar-refractivity contribution is 6.01. The number of aromatic hydroxyl groups is 1. The van der Waals surface area contributed by atoms with E-state index in [4.69, 9.17) is 0 Å². The van der Waals surface area contributed by atoms with Crippen LogP contribution in [0.15, 0.2) is 42.5 Å². The van der Waals surface area contributed by atoms with Crippen LogP contribution in [0, 0.1) is 19.8 Å². The first-order valence-electron chi connectivity index (χ1n) is 10.4. The molecule has 0 aliphatic carbocycles. The average molecular weight is 392 g/mol. The number of piperidine rings is 1. The summed E-state index contributed by atoms with van der Waals surface area (Å²) < 4.78 is 0. The molecule has 152 valence electrons. The lowest BCUT2D eigenvalue weighted by atomic mass is 9.89. The molecule has 2 fully saturated rings. The Hall–Kier alpha value is -2.82. The van der Waals surface area contributed by atoms with E-state index >= 15 is 0 Å². The quantitative estimate of drug-likeness (QED) is 0.865. The smallest absolute Gasteiger partial charge is 0.228 e. The molecule has 2 aromatic carbocycles. The van der Waals surface area contributed by atoms with Gasteiger partial charge < -0.3 is 14.9 Å². The van der Waals surface area contributed by atoms with Gasteiger partial charge in [-0.2, -0.15) is 0 Å². The van der Waals surface area contributed by atoms with Gasteiger partial charge in [0, 0.05) is 31.7 Å². The van der Waals surface area contributed by atoms with E-state index in [1.54, 1.807) is 17.0 Å². The molecule has 1 atom stereocenters. The fourth-order valence-corrected chi connectivity index (χ4v) is 4.57. The highest BCUT2D eigenvalue weighted by Crippen LogP contribution is 2.33. The van der Waals surface area contributed by atoms with Gasteiger partial charge in [-0.1, -0.05) is 24.3 Å². The molecular weight excluding hydrogens is 364 g/mol. The van der Waals surface area contributed by atoms with Crippen molar-refractivity contribution in [3.05, 3.63) is 59.2 Å². The first-order valence-corrected chi connectivity index (χ1v) is 10.4. The zero-order chi connectivity index (χ0) is 20.5. The van der Waals surface area contributed by atoms with E-state index in [2.05, 4.69) is 0 Å². The van der Waals surface area contributed by atoms with Gasteiger partial charge in [-0.25, -0.2) is 0 Å². The largest absolute Gasteiger partial charge is 0.508 e. The van der Waals surface area contributed by atoms with Crippen molar-refractivity contribution in [3.8, 4) is 5.75 Å². The van der Waals surface area contributed by atoms with Gasteiger partial charge in [-0.3, -0.25) is 9.59 Å². The zero-order valence-corrected chi connectivity index (χ0v) is 17.1. The van der Waals surface area contributed by atoms with Crippen LogP contribution in [-0.2, 0) is 9.59 Å². The first kappa shape index (κ1) is 19.5. The Morgan fingerprint density at radius 1 is 1.03 bits per heavy atom. The lowest BCUT2D eigenvalue weighted by Crippen LogP contribution is -2.42. The standard InChI is InChI=1S/C24H28N2O3/c1-16-4-3-5-22(17(16)2)26-15-20(14-23(26)28)24(29)25-12-10-19(11-13-25)18-6-8-21(27)9-7-18/h3-9,19-20,27H,10-15H2,1-2H3. The molecule has 1 unspecified atom stereocenters. The number of benzene rings is 2. The lowest BCUT2D eigenvalue weighted by molar-refractivity contribution is -0.136. The van der Waals surface area contributed by atoms with Crippen LogP contribution in [0.1, 0.15) is 41.9 Å². The molecule has 29 heavy (non-hydrogen) atoms. The Bertz CT molecular complexity index is 914. The van der Waals surface area contributed by atoms with Gasteiger partial charge in [0.1, 0.15) is 5.75 Å². The van der Waals surface area contributed by atoms with Crippen molar-refractivity contribution in [1.82, 2.24) is 4.90 Å². The highest BCUT2D eigenvalue weighted by Gasteiger charge is 2.38. The van der Waals surface area contributed by atoms with E-state index in [1.807, 2.05) is 49.1 Å². The molecule has 5 heteroatoms. The van der Waals surface area contributed by atoms with Crippen LogP contribution in [0.2, 0.25) is 0 Å². The Morgan fingerprint density at radius 2 is 1.72 bits per heavy atom. The highest BCUT2D eigenvalue weighted by atomic mass is 16.3. The summed E-state index contributed by atoms with van der Waals surface area (Å²) in [5.74, 6) is 0.580. The number of rotatable bonds is 3. The molecule has 0 bridgehead atoms. The number of nitrogens with zero attached hydrogens (tertiary/aromatic N) is 2. The number of phenolic OH excluding ortho intramolecular Hbond substituents is 1. The molecule has 2 amide bonds. The van der Waals surface area contributed by atoms with E-state index in [-0.39, 0.29) is 23.5 Å². The second-order valence-electron chi connectivity index (χ2n) is 8.32. The van der Waals surface area contributed by atoms with Crippen molar-refractivity contribution < 1.29 is 14.7 Å². The number of aryl methyl sites for hydroxylation is 1. The molecule has 1 N–H and O–H groups in total. The number of hydrogen-bond acceptors (Lipinski definition) is 3. The summed E-state index contributed by atoms with van der Waals surface area (Å²) in [7, 11) is 0. The van der Waals surface area contributed by atoms with Gasteiger partial charge in [-0.05, 0) is 67.5 Å². The van der Waals surface area contributed by atoms with E-state index in [0.717, 1.165) is 42.7 Å². The van der Waals surface area contributed by atoms with Crippen LogP contribution in [0.5, 0.6) is 5.75 Å². The predicted molar refractivity (Wildman–Crippen MR) is 113 cm³/mol. The maximum atomic E-state index is 13.1. The van der Waals surface area contributed by atoms with Gasteiger partial charge in [-0.15, -0.1) is 0 Å². The number of hydrogen-bond donors (Lipinski definition) is 1. The van der Waals surface area contributed by atoms with Crippen LogP contribution in [0.4, 0.5) is 5.69 Å². The Balaban J connectivity index is 1.39. The second kappa shape index (κ2) is 7.90. The minimum absolute atomic E-state index is 0.0380. The van der Waals surface area contributed by atoms with Crippen LogP contribution < -0.4 is 4.90 Å². The van der Waals surface area contributed by atoms with Gasteiger partial charge in [0.25, 0.3) is 0 Å². The fraction of sp³-hybridized carbons (Fsp3) is 0.417. The maximum absolute atomic E-state index is 13.1. The molecule has 2 saturated heterocycles. The predicted octanol–water partition coefficient (Wildman–Crippen LogP) is 3.77. The summed E-state index contributed by atoms with van der Waals surface area (Å²) in [5, 5.41) is 9.46. The van der Waals surface area contributed by atoms with Crippen LogP contribution in [0.3, 0.4) is 0 Å². The molecule has 0 radical (unpaired) electrons. The summed E-state index contributed by atoms with van der Waals surface area (Å²) in [6.07, 6.45) is 2.12. The molecule has 4 rings (SSSR count).